The summed E-state index contributed by atoms with van der Waals surface area (Å²) >= 11 is 0. The van der Waals surface area contributed by atoms with Gasteiger partial charge in [-0.3, -0.25) is 0 Å². The van der Waals surface area contributed by atoms with Gasteiger partial charge in [0.05, 0.1) is 11.8 Å². The Morgan fingerprint density at radius 3 is 2.94 bits per heavy atom. The molecule has 0 radical (unpaired) electrons. The fourth-order valence-corrected chi connectivity index (χ4v) is 1.83. The molecule has 1 aromatic rings. The highest BCUT2D eigenvalue weighted by molar-refractivity contribution is 5.44. The van der Waals surface area contributed by atoms with Crippen molar-refractivity contribution in [3.8, 4) is 0 Å². The lowest BCUT2D eigenvalue weighted by Crippen LogP contribution is -2.27. The van der Waals surface area contributed by atoms with Gasteiger partial charge in [0.15, 0.2) is 0 Å². The van der Waals surface area contributed by atoms with Crippen LogP contribution in [0.3, 0.4) is 0 Å². The summed E-state index contributed by atoms with van der Waals surface area (Å²) in [6.07, 6.45) is 3.31. The van der Waals surface area contributed by atoms with E-state index in [0.29, 0.717) is 6.54 Å². The molecule has 1 N–H and O–H groups in total. The van der Waals surface area contributed by atoms with E-state index in [1.165, 1.54) is 0 Å². The number of hydrogen-bond donors (Lipinski definition) is 1. The van der Waals surface area contributed by atoms with E-state index in [1.807, 2.05) is 0 Å². The maximum atomic E-state index is 13.3. The highest BCUT2D eigenvalue weighted by Gasteiger charge is 2.14. The van der Waals surface area contributed by atoms with Gasteiger partial charge >= 0.3 is 0 Å². The van der Waals surface area contributed by atoms with Crippen LogP contribution in [0.5, 0.6) is 0 Å². The van der Waals surface area contributed by atoms with Gasteiger partial charge in [-0.2, -0.15) is 0 Å². The number of ether oxygens (including phenoxy) is 1. The average Bonchev–Trinajstić information content (AvgIpc) is 2.32. The molecule has 4 heteroatoms. The molecule has 0 aromatic heterocycles. The van der Waals surface area contributed by atoms with Crippen LogP contribution in [0.25, 0.3) is 0 Å². The van der Waals surface area contributed by atoms with Crippen molar-refractivity contribution in [1.82, 2.24) is 0 Å². The summed E-state index contributed by atoms with van der Waals surface area (Å²) in [5.41, 5.74) is 0.203. The summed E-state index contributed by atoms with van der Waals surface area (Å²) in [6, 6.07) is 3.40. The molecule has 1 aliphatic rings. The highest BCUT2D eigenvalue weighted by Crippen LogP contribution is 2.17. The summed E-state index contributed by atoms with van der Waals surface area (Å²) in [5.74, 6) is -0.870. The fraction of sp³-hybridized carbons (Fsp3) is 0.500. The molecule has 16 heavy (non-hydrogen) atoms. The van der Waals surface area contributed by atoms with Crippen molar-refractivity contribution in [2.45, 2.75) is 25.4 Å². The third kappa shape index (κ3) is 2.92. The summed E-state index contributed by atoms with van der Waals surface area (Å²) < 4.78 is 31.6. The summed E-state index contributed by atoms with van der Waals surface area (Å²) in [4.78, 5) is 0. The van der Waals surface area contributed by atoms with Gasteiger partial charge in [-0.15, -0.1) is 0 Å². The van der Waals surface area contributed by atoms with E-state index >= 15 is 0 Å². The maximum Gasteiger partial charge on any atom is 0.146 e. The molecule has 1 heterocycles. The SMILES string of the molecule is Fc1ccc(F)c(NCC2CCCCO2)c1. The van der Waals surface area contributed by atoms with Crippen LogP contribution in [-0.2, 0) is 4.74 Å². The topological polar surface area (TPSA) is 21.3 Å². The van der Waals surface area contributed by atoms with Crippen molar-refractivity contribution in [1.29, 1.82) is 0 Å². The Kier molecular flexibility index (Phi) is 3.72. The Balaban J connectivity index is 1.90. The molecule has 88 valence electrons. The smallest absolute Gasteiger partial charge is 0.146 e. The first-order valence-electron chi connectivity index (χ1n) is 5.56. The van der Waals surface area contributed by atoms with Gasteiger partial charge in [0.2, 0.25) is 0 Å². The minimum absolute atomic E-state index is 0.108. The average molecular weight is 227 g/mol. The predicted octanol–water partition coefficient (Wildman–Crippen LogP) is 2.95. The van der Waals surface area contributed by atoms with Crippen LogP contribution < -0.4 is 5.32 Å². The first-order chi connectivity index (χ1) is 7.75. The van der Waals surface area contributed by atoms with Crippen molar-refractivity contribution in [3.05, 3.63) is 29.8 Å². The monoisotopic (exact) mass is 227 g/mol. The third-order valence-corrected chi connectivity index (χ3v) is 2.72. The van der Waals surface area contributed by atoms with Crippen LogP contribution in [0.15, 0.2) is 18.2 Å². The zero-order valence-corrected chi connectivity index (χ0v) is 9.01. The van der Waals surface area contributed by atoms with Crippen LogP contribution in [0.1, 0.15) is 19.3 Å². The summed E-state index contributed by atoms with van der Waals surface area (Å²) in [7, 11) is 0. The van der Waals surface area contributed by atoms with Crippen LogP contribution in [0.2, 0.25) is 0 Å². The molecular formula is C12H15F2NO. The first-order valence-corrected chi connectivity index (χ1v) is 5.56. The van der Waals surface area contributed by atoms with E-state index in [2.05, 4.69) is 5.32 Å². The lowest BCUT2D eigenvalue weighted by Gasteiger charge is -2.23. The van der Waals surface area contributed by atoms with Crippen molar-refractivity contribution < 1.29 is 13.5 Å². The number of halogens is 2. The van der Waals surface area contributed by atoms with Gasteiger partial charge in [-0.05, 0) is 37.5 Å². The van der Waals surface area contributed by atoms with E-state index in [4.69, 9.17) is 4.74 Å². The van der Waals surface area contributed by atoms with E-state index in [-0.39, 0.29) is 11.8 Å². The van der Waals surface area contributed by atoms with Gasteiger partial charge in [-0.1, -0.05) is 0 Å². The zero-order chi connectivity index (χ0) is 11.4. The summed E-state index contributed by atoms with van der Waals surface area (Å²) in [5, 5.41) is 2.88. The molecule has 1 fully saturated rings. The second kappa shape index (κ2) is 5.25. The highest BCUT2D eigenvalue weighted by atomic mass is 19.1. The Bertz CT molecular complexity index is 351. The second-order valence-corrected chi connectivity index (χ2v) is 3.99. The molecule has 0 aliphatic carbocycles. The minimum atomic E-state index is -0.437. The second-order valence-electron chi connectivity index (χ2n) is 3.99. The fourth-order valence-electron chi connectivity index (χ4n) is 1.83. The molecule has 1 aliphatic heterocycles. The van der Waals surface area contributed by atoms with E-state index in [9.17, 15) is 8.78 Å². The predicted molar refractivity (Wildman–Crippen MR) is 58.4 cm³/mol. The van der Waals surface area contributed by atoms with Gasteiger partial charge in [0.25, 0.3) is 0 Å². The standard InChI is InChI=1S/C12H15F2NO/c13-9-4-5-11(14)12(7-9)15-8-10-3-1-2-6-16-10/h4-5,7,10,15H,1-3,6,8H2. The third-order valence-electron chi connectivity index (χ3n) is 2.72. The van der Waals surface area contributed by atoms with Crippen LogP contribution in [0, 0.1) is 11.6 Å². The Morgan fingerprint density at radius 2 is 2.19 bits per heavy atom. The molecule has 2 nitrogen and oxygen atoms in total. The summed E-state index contributed by atoms with van der Waals surface area (Å²) in [6.45, 7) is 1.29. The van der Waals surface area contributed by atoms with Gasteiger partial charge in [-0.25, -0.2) is 8.78 Å². The molecule has 0 amide bonds. The minimum Gasteiger partial charge on any atom is -0.380 e. The molecule has 1 atom stereocenters. The molecule has 1 saturated heterocycles. The molecule has 0 saturated carbocycles. The van der Waals surface area contributed by atoms with Crippen molar-refractivity contribution in [2.24, 2.45) is 0 Å². The Labute approximate surface area is 93.6 Å². The molecule has 1 unspecified atom stereocenters. The number of rotatable bonds is 3. The van der Waals surface area contributed by atoms with Crippen LogP contribution >= 0.6 is 0 Å². The van der Waals surface area contributed by atoms with Crippen molar-refractivity contribution >= 4 is 5.69 Å². The number of nitrogens with one attached hydrogen (secondary N) is 1. The van der Waals surface area contributed by atoms with Crippen molar-refractivity contribution in [3.63, 3.8) is 0 Å². The molecular weight excluding hydrogens is 212 g/mol. The maximum absolute atomic E-state index is 13.3. The van der Waals surface area contributed by atoms with E-state index in [1.54, 1.807) is 0 Å². The van der Waals surface area contributed by atoms with E-state index < -0.39 is 11.6 Å². The Morgan fingerprint density at radius 1 is 1.31 bits per heavy atom. The number of hydrogen-bond acceptors (Lipinski definition) is 2. The molecule has 0 bridgehead atoms. The number of benzene rings is 1. The molecule has 1 aromatic carbocycles. The lowest BCUT2D eigenvalue weighted by molar-refractivity contribution is 0.0247. The van der Waals surface area contributed by atoms with Gasteiger partial charge < -0.3 is 10.1 Å². The zero-order valence-electron chi connectivity index (χ0n) is 9.01. The number of anilines is 1. The van der Waals surface area contributed by atoms with E-state index in [0.717, 1.165) is 44.1 Å². The van der Waals surface area contributed by atoms with Gasteiger partial charge in [0.1, 0.15) is 11.6 Å². The Hall–Kier alpha value is -1.16. The lowest BCUT2D eigenvalue weighted by atomic mass is 10.1. The first kappa shape index (κ1) is 11.3. The van der Waals surface area contributed by atoms with Crippen LogP contribution in [0.4, 0.5) is 14.5 Å². The van der Waals surface area contributed by atoms with Gasteiger partial charge in [0, 0.05) is 13.2 Å². The van der Waals surface area contributed by atoms with Crippen LogP contribution in [-0.4, -0.2) is 19.3 Å². The molecule has 0 spiro atoms. The molecule has 2 rings (SSSR count). The largest absolute Gasteiger partial charge is 0.380 e. The quantitative estimate of drug-likeness (QED) is 0.857. The van der Waals surface area contributed by atoms with Crippen molar-refractivity contribution in [2.75, 3.05) is 18.5 Å². The normalized spacial score (nSPS) is 20.8.